The predicted octanol–water partition coefficient (Wildman–Crippen LogP) is 3.68. The number of benzene rings is 3. The highest BCUT2D eigenvalue weighted by molar-refractivity contribution is 5.98. The second-order valence-corrected chi connectivity index (χ2v) is 6.55. The fourth-order valence-electron chi connectivity index (χ4n) is 2.85. The van der Waals surface area contributed by atoms with Crippen LogP contribution in [0, 0.1) is 5.82 Å². The summed E-state index contributed by atoms with van der Waals surface area (Å²) in [6.45, 7) is 0.981. The molecule has 0 spiro atoms. The minimum atomic E-state index is -0.404. The Labute approximate surface area is 168 Å². The van der Waals surface area contributed by atoms with Crippen LogP contribution in [0.2, 0.25) is 0 Å². The molecular weight excluding hydrogens is 371 g/mol. The second kappa shape index (κ2) is 10.2. The molecule has 2 N–H and O–H groups in total. The molecule has 0 atom stereocenters. The number of amides is 2. The van der Waals surface area contributed by atoms with Gasteiger partial charge < -0.3 is 15.4 Å². The molecule has 0 aliphatic rings. The molecule has 0 aliphatic carbocycles. The van der Waals surface area contributed by atoms with Crippen LogP contribution < -0.4 is 15.4 Å². The first-order chi connectivity index (χ1) is 14.1. The normalized spacial score (nSPS) is 10.5. The third kappa shape index (κ3) is 6.04. The van der Waals surface area contributed by atoms with Crippen LogP contribution in [0.4, 0.5) is 4.39 Å². The van der Waals surface area contributed by atoms with Gasteiger partial charge in [-0.3, -0.25) is 9.59 Å². The zero-order valence-corrected chi connectivity index (χ0v) is 16.0. The Hall–Kier alpha value is -3.41. The zero-order chi connectivity index (χ0) is 20.5. The molecule has 0 radical (unpaired) electrons. The molecule has 150 valence electrons. The van der Waals surface area contributed by atoms with E-state index in [2.05, 4.69) is 10.6 Å². The van der Waals surface area contributed by atoms with Crippen LogP contribution in [-0.2, 0) is 4.79 Å². The van der Waals surface area contributed by atoms with E-state index in [9.17, 15) is 14.0 Å². The van der Waals surface area contributed by atoms with Crippen LogP contribution in [0.3, 0.4) is 0 Å². The molecule has 5 nitrogen and oxygen atoms in total. The van der Waals surface area contributed by atoms with Crippen molar-refractivity contribution in [2.75, 3.05) is 19.7 Å². The molecule has 0 saturated carbocycles. The van der Waals surface area contributed by atoms with E-state index in [1.807, 2.05) is 36.4 Å². The number of halogens is 1. The van der Waals surface area contributed by atoms with Crippen molar-refractivity contribution in [2.24, 2.45) is 0 Å². The fourth-order valence-corrected chi connectivity index (χ4v) is 2.85. The van der Waals surface area contributed by atoms with Gasteiger partial charge in [-0.15, -0.1) is 0 Å². The summed E-state index contributed by atoms with van der Waals surface area (Å²) >= 11 is 0. The summed E-state index contributed by atoms with van der Waals surface area (Å²) in [5, 5.41) is 7.58. The summed E-state index contributed by atoms with van der Waals surface area (Å²) in [4.78, 5) is 24.1. The molecule has 0 aliphatic heterocycles. The molecule has 0 bridgehead atoms. The zero-order valence-electron chi connectivity index (χ0n) is 16.0. The number of carbonyl (C=O) groups excluding carboxylic acids is 2. The number of hydrogen-bond acceptors (Lipinski definition) is 3. The van der Waals surface area contributed by atoms with Crippen molar-refractivity contribution in [2.45, 2.75) is 12.8 Å². The Morgan fingerprint density at radius 2 is 1.62 bits per heavy atom. The van der Waals surface area contributed by atoms with E-state index < -0.39 is 5.82 Å². The van der Waals surface area contributed by atoms with Crippen LogP contribution in [0.15, 0.2) is 66.7 Å². The van der Waals surface area contributed by atoms with Gasteiger partial charge in [0.2, 0.25) is 5.91 Å². The van der Waals surface area contributed by atoms with E-state index in [0.29, 0.717) is 25.1 Å². The molecule has 29 heavy (non-hydrogen) atoms. The minimum absolute atomic E-state index is 0.158. The van der Waals surface area contributed by atoms with Gasteiger partial charge in [0.05, 0.1) is 6.61 Å². The van der Waals surface area contributed by atoms with Crippen LogP contribution in [-0.4, -0.2) is 31.5 Å². The van der Waals surface area contributed by atoms with E-state index in [1.165, 1.54) is 6.07 Å². The van der Waals surface area contributed by atoms with Gasteiger partial charge in [-0.25, -0.2) is 4.39 Å². The fraction of sp³-hybridized carbons (Fsp3) is 0.217. The Balaban J connectivity index is 1.32. The van der Waals surface area contributed by atoms with E-state index in [-0.39, 0.29) is 30.5 Å². The Bertz CT molecular complexity index is 991. The Kier molecular flexibility index (Phi) is 7.16. The maximum atomic E-state index is 13.4. The maximum absolute atomic E-state index is 13.4. The minimum Gasteiger partial charge on any atom is -0.490 e. The van der Waals surface area contributed by atoms with Crippen molar-refractivity contribution in [3.63, 3.8) is 0 Å². The van der Waals surface area contributed by atoms with Crippen molar-refractivity contribution in [3.8, 4) is 5.75 Å². The summed E-state index contributed by atoms with van der Waals surface area (Å²) in [5.74, 6) is -0.564. The van der Waals surface area contributed by atoms with E-state index in [4.69, 9.17) is 4.74 Å². The first-order valence-corrected chi connectivity index (χ1v) is 9.54. The quantitative estimate of drug-likeness (QED) is 0.544. The van der Waals surface area contributed by atoms with E-state index in [0.717, 1.165) is 10.8 Å². The first kappa shape index (κ1) is 20.3. The summed E-state index contributed by atoms with van der Waals surface area (Å²) < 4.78 is 18.7. The number of fused-ring (bicyclic) bond motifs is 1. The molecule has 0 fully saturated rings. The number of carbonyl (C=O) groups is 2. The number of nitrogens with one attached hydrogen (secondary N) is 2. The van der Waals surface area contributed by atoms with Gasteiger partial charge in [0.15, 0.2) is 11.6 Å². The molecule has 0 aromatic heterocycles. The third-order valence-corrected chi connectivity index (χ3v) is 4.39. The second-order valence-electron chi connectivity index (χ2n) is 6.55. The Morgan fingerprint density at radius 1 is 0.862 bits per heavy atom. The van der Waals surface area contributed by atoms with Gasteiger partial charge in [0, 0.05) is 25.1 Å². The third-order valence-electron chi connectivity index (χ3n) is 4.39. The lowest BCUT2D eigenvalue weighted by Crippen LogP contribution is -2.31. The maximum Gasteiger partial charge on any atom is 0.251 e. The predicted molar refractivity (Wildman–Crippen MR) is 110 cm³/mol. The van der Waals surface area contributed by atoms with Gasteiger partial charge in [0.1, 0.15) is 0 Å². The summed E-state index contributed by atoms with van der Waals surface area (Å²) in [6.07, 6.45) is 0.747. The number of rotatable bonds is 9. The van der Waals surface area contributed by atoms with Crippen molar-refractivity contribution in [3.05, 3.63) is 78.1 Å². The summed E-state index contributed by atoms with van der Waals surface area (Å²) in [5.41, 5.74) is 0.564. The highest BCUT2D eigenvalue weighted by Crippen LogP contribution is 2.16. The molecule has 3 aromatic rings. The van der Waals surface area contributed by atoms with Crippen LogP contribution in [0.1, 0.15) is 23.2 Å². The highest BCUT2D eigenvalue weighted by atomic mass is 19.1. The molecule has 0 saturated heterocycles. The van der Waals surface area contributed by atoms with Gasteiger partial charge in [-0.1, -0.05) is 42.5 Å². The number of ether oxygens (including phenoxy) is 1. The number of para-hydroxylation sites is 1. The van der Waals surface area contributed by atoms with Crippen molar-refractivity contribution in [1.82, 2.24) is 10.6 Å². The van der Waals surface area contributed by atoms with Gasteiger partial charge in [0.25, 0.3) is 5.91 Å². The molecule has 0 unspecified atom stereocenters. The average Bonchev–Trinajstić information content (AvgIpc) is 2.74. The van der Waals surface area contributed by atoms with E-state index in [1.54, 1.807) is 24.3 Å². The lowest BCUT2D eigenvalue weighted by molar-refractivity contribution is -0.120. The summed E-state index contributed by atoms with van der Waals surface area (Å²) in [7, 11) is 0. The molecular formula is C23H23FN2O3. The first-order valence-electron chi connectivity index (χ1n) is 9.54. The van der Waals surface area contributed by atoms with Crippen molar-refractivity contribution < 1.29 is 18.7 Å². The van der Waals surface area contributed by atoms with Gasteiger partial charge >= 0.3 is 0 Å². The number of hydrogen-bond donors (Lipinski definition) is 2. The van der Waals surface area contributed by atoms with Crippen LogP contribution in [0.5, 0.6) is 5.75 Å². The molecule has 2 amide bonds. The van der Waals surface area contributed by atoms with E-state index >= 15 is 0 Å². The van der Waals surface area contributed by atoms with Crippen LogP contribution in [0.25, 0.3) is 10.8 Å². The van der Waals surface area contributed by atoms with Gasteiger partial charge in [-0.2, -0.15) is 0 Å². The molecule has 3 aromatic carbocycles. The average molecular weight is 394 g/mol. The Morgan fingerprint density at radius 3 is 2.45 bits per heavy atom. The molecule has 6 heteroatoms. The van der Waals surface area contributed by atoms with Crippen molar-refractivity contribution >= 4 is 22.6 Å². The lowest BCUT2D eigenvalue weighted by Gasteiger charge is -2.09. The highest BCUT2D eigenvalue weighted by Gasteiger charge is 2.07. The monoisotopic (exact) mass is 394 g/mol. The van der Waals surface area contributed by atoms with Crippen LogP contribution >= 0.6 is 0 Å². The molecule has 3 rings (SSSR count). The summed E-state index contributed by atoms with van der Waals surface area (Å²) in [6, 6.07) is 19.5. The smallest absolute Gasteiger partial charge is 0.251 e. The van der Waals surface area contributed by atoms with Crippen molar-refractivity contribution in [1.29, 1.82) is 0 Å². The topological polar surface area (TPSA) is 67.4 Å². The molecule has 0 heterocycles. The van der Waals surface area contributed by atoms with Gasteiger partial charge in [-0.05, 0) is 41.5 Å². The SMILES string of the molecule is O=C(CCNC(=O)c1ccc2ccccc2c1)NCCCOc1ccccc1F. The lowest BCUT2D eigenvalue weighted by atomic mass is 10.1. The largest absolute Gasteiger partial charge is 0.490 e. The standard InChI is InChI=1S/C23H23FN2O3/c24-20-8-3-4-9-21(20)29-15-5-13-25-22(27)12-14-26-23(28)19-11-10-17-6-1-2-7-18(17)16-19/h1-4,6-11,16H,5,12-15H2,(H,25,27)(H,26,28).